The number of benzene rings is 1. The maximum Gasteiger partial charge on any atom is 0.345 e. The van der Waals surface area contributed by atoms with Crippen molar-refractivity contribution in [2.75, 3.05) is 0 Å². The van der Waals surface area contributed by atoms with Gasteiger partial charge in [0.25, 0.3) is 5.69 Å². The third-order valence-corrected chi connectivity index (χ3v) is 2.59. The van der Waals surface area contributed by atoms with E-state index >= 15 is 0 Å². The van der Waals surface area contributed by atoms with E-state index in [1.54, 1.807) is 0 Å². The van der Waals surface area contributed by atoms with Crippen molar-refractivity contribution in [3.05, 3.63) is 34.4 Å². The summed E-state index contributed by atoms with van der Waals surface area (Å²) >= 11 is 0. The maximum absolute atomic E-state index is 10.9. The van der Waals surface area contributed by atoms with E-state index < -0.39 is 17.0 Å². The predicted octanol–water partition coefficient (Wildman–Crippen LogP) is 1.84. The highest BCUT2D eigenvalue weighted by Gasteiger charge is 2.38. The van der Waals surface area contributed by atoms with Crippen molar-refractivity contribution in [1.82, 2.24) is 0 Å². The molecule has 1 saturated carbocycles. The lowest BCUT2D eigenvalue weighted by Crippen LogP contribution is -2.29. The molecule has 0 bridgehead atoms. The number of nitrogens with zero attached hydrogens (tertiary/aromatic N) is 1. The van der Waals surface area contributed by atoms with Gasteiger partial charge in [-0.25, -0.2) is 4.79 Å². The van der Waals surface area contributed by atoms with E-state index in [1.807, 2.05) is 0 Å². The number of nitro benzene ring substituents is 1. The highest BCUT2D eigenvalue weighted by Crippen LogP contribution is 2.35. The van der Waals surface area contributed by atoms with E-state index in [0.29, 0.717) is 0 Å². The molecule has 0 saturated heterocycles. The van der Waals surface area contributed by atoms with Crippen LogP contribution in [-0.2, 0) is 4.79 Å². The fraction of sp³-hybridized carbons (Fsp3) is 0.364. The summed E-state index contributed by atoms with van der Waals surface area (Å²) in [4.78, 5) is 21.0. The van der Waals surface area contributed by atoms with Crippen LogP contribution in [0.2, 0.25) is 0 Å². The number of carboxylic acid groups (broad SMARTS) is 1. The Morgan fingerprint density at radius 1 is 1.53 bits per heavy atom. The molecule has 2 rings (SSSR count). The molecule has 0 aromatic heterocycles. The standard InChI is InChI=1S/C11H11NO5/c13-11(14)10(7-4-5-7)17-9-3-1-2-8(6-9)12(15)16/h1-3,6-7,10H,4-5H2,(H,13,14). The van der Waals surface area contributed by atoms with Gasteiger partial charge in [0.15, 0.2) is 6.10 Å². The van der Waals surface area contributed by atoms with Crippen LogP contribution >= 0.6 is 0 Å². The smallest absolute Gasteiger partial charge is 0.345 e. The largest absolute Gasteiger partial charge is 0.478 e. The SMILES string of the molecule is O=C(O)C(Oc1cccc([N+](=O)[O-])c1)C1CC1. The second-order valence-electron chi connectivity index (χ2n) is 3.97. The predicted molar refractivity (Wildman–Crippen MR) is 57.9 cm³/mol. The Hall–Kier alpha value is -2.11. The highest BCUT2D eigenvalue weighted by molar-refractivity contribution is 5.73. The molecule has 1 atom stereocenters. The third kappa shape index (κ3) is 2.72. The topological polar surface area (TPSA) is 89.7 Å². The van der Waals surface area contributed by atoms with Crippen LogP contribution in [0, 0.1) is 16.0 Å². The summed E-state index contributed by atoms with van der Waals surface area (Å²) < 4.78 is 5.29. The lowest BCUT2D eigenvalue weighted by Gasteiger charge is -2.13. The number of non-ortho nitro benzene ring substituents is 1. The minimum atomic E-state index is -1.03. The van der Waals surface area contributed by atoms with Crippen molar-refractivity contribution < 1.29 is 19.6 Å². The van der Waals surface area contributed by atoms with Crippen molar-refractivity contribution in [2.24, 2.45) is 5.92 Å². The molecule has 0 heterocycles. The second-order valence-corrected chi connectivity index (χ2v) is 3.97. The van der Waals surface area contributed by atoms with Gasteiger partial charge in [-0.15, -0.1) is 0 Å². The molecule has 17 heavy (non-hydrogen) atoms. The van der Waals surface area contributed by atoms with Gasteiger partial charge in [-0.2, -0.15) is 0 Å². The van der Waals surface area contributed by atoms with Crippen molar-refractivity contribution in [3.63, 3.8) is 0 Å². The van der Waals surface area contributed by atoms with E-state index in [2.05, 4.69) is 0 Å². The Bertz CT molecular complexity index is 455. The molecule has 0 aliphatic heterocycles. The van der Waals surface area contributed by atoms with Crippen LogP contribution < -0.4 is 4.74 Å². The molecule has 6 nitrogen and oxygen atoms in total. The van der Waals surface area contributed by atoms with E-state index in [1.165, 1.54) is 24.3 Å². The Kier molecular flexibility index (Phi) is 2.95. The molecule has 1 aliphatic rings. The van der Waals surface area contributed by atoms with Crippen LogP contribution in [0.25, 0.3) is 0 Å². The van der Waals surface area contributed by atoms with Crippen LogP contribution in [-0.4, -0.2) is 22.1 Å². The second kappa shape index (κ2) is 4.40. The first-order chi connectivity index (χ1) is 8.08. The monoisotopic (exact) mass is 237 g/mol. The first-order valence-corrected chi connectivity index (χ1v) is 5.22. The summed E-state index contributed by atoms with van der Waals surface area (Å²) in [7, 11) is 0. The number of rotatable bonds is 5. The van der Waals surface area contributed by atoms with Gasteiger partial charge >= 0.3 is 5.97 Å². The van der Waals surface area contributed by atoms with E-state index in [-0.39, 0.29) is 17.4 Å². The zero-order valence-corrected chi connectivity index (χ0v) is 8.91. The summed E-state index contributed by atoms with van der Waals surface area (Å²) in [6.45, 7) is 0. The van der Waals surface area contributed by atoms with Gasteiger partial charge in [-0.3, -0.25) is 10.1 Å². The average molecular weight is 237 g/mol. The van der Waals surface area contributed by atoms with Crippen molar-refractivity contribution >= 4 is 11.7 Å². The molecule has 1 N–H and O–H groups in total. The summed E-state index contributed by atoms with van der Waals surface area (Å²) in [5, 5.41) is 19.5. The summed E-state index contributed by atoms with van der Waals surface area (Å²) in [5.74, 6) is -0.788. The number of hydrogen-bond donors (Lipinski definition) is 1. The fourth-order valence-electron chi connectivity index (χ4n) is 1.56. The Morgan fingerprint density at radius 3 is 2.76 bits per heavy atom. The normalized spacial score (nSPS) is 16.2. The van der Waals surface area contributed by atoms with Crippen LogP contribution in [0.15, 0.2) is 24.3 Å². The van der Waals surface area contributed by atoms with Gasteiger partial charge in [0.05, 0.1) is 11.0 Å². The molecule has 1 fully saturated rings. The highest BCUT2D eigenvalue weighted by atomic mass is 16.6. The number of hydrogen-bond acceptors (Lipinski definition) is 4. The number of carboxylic acids is 1. The molecule has 1 aromatic rings. The molecular formula is C11H11NO5. The number of aliphatic carboxylic acids is 1. The molecule has 1 aromatic carbocycles. The molecule has 0 amide bonds. The summed E-state index contributed by atoms with van der Waals surface area (Å²) in [6, 6.07) is 5.56. The molecule has 1 unspecified atom stereocenters. The zero-order chi connectivity index (χ0) is 12.4. The quantitative estimate of drug-likeness (QED) is 0.623. The number of nitro groups is 1. The zero-order valence-electron chi connectivity index (χ0n) is 8.91. The van der Waals surface area contributed by atoms with Crippen LogP contribution in [0.5, 0.6) is 5.75 Å². The van der Waals surface area contributed by atoms with Gasteiger partial charge in [0.1, 0.15) is 5.75 Å². The van der Waals surface area contributed by atoms with E-state index in [0.717, 1.165) is 12.8 Å². The number of carbonyl (C=O) groups is 1. The Morgan fingerprint density at radius 2 is 2.24 bits per heavy atom. The number of ether oxygens (including phenoxy) is 1. The van der Waals surface area contributed by atoms with Crippen molar-refractivity contribution in [1.29, 1.82) is 0 Å². The lowest BCUT2D eigenvalue weighted by molar-refractivity contribution is -0.385. The van der Waals surface area contributed by atoms with E-state index in [4.69, 9.17) is 9.84 Å². The van der Waals surface area contributed by atoms with Gasteiger partial charge in [-0.05, 0) is 18.9 Å². The van der Waals surface area contributed by atoms with Crippen molar-refractivity contribution in [3.8, 4) is 5.75 Å². The van der Waals surface area contributed by atoms with Gasteiger partial charge in [0, 0.05) is 12.0 Å². The van der Waals surface area contributed by atoms with Crippen LogP contribution in [0.3, 0.4) is 0 Å². The molecule has 1 aliphatic carbocycles. The molecule has 90 valence electrons. The lowest BCUT2D eigenvalue weighted by atomic mass is 10.2. The summed E-state index contributed by atoms with van der Waals surface area (Å²) in [6.07, 6.45) is 0.745. The Labute approximate surface area is 97.0 Å². The Balaban J connectivity index is 2.14. The van der Waals surface area contributed by atoms with Crippen LogP contribution in [0.4, 0.5) is 5.69 Å². The van der Waals surface area contributed by atoms with Gasteiger partial charge in [-0.1, -0.05) is 6.07 Å². The minimum Gasteiger partial charge on any atom is -0.478 e. The average Bonchev–Trinajstić information content (AvgIpc) is 3.09. The fourth-order valence-corrected chi connectivity index (χ4v) is 1.56. The minimum absolute atomic E-state index is 0.0202. The van der Waals surface area contributed by atoms with Crippen LogP contribution in [0.1, 0.15) is 12.8 Å². The third-order valence-electron chi connectivity index (χ3n) is 2.59. The first-order valence-electron chi connectivity index (χ1n) is 5.22. The van der Waals surface area contributed by atoms with E-state index in [9.17, 15) is 14.9 Å². The molecule has 6 heteroatoms. The van der Waals surface area contributed by atoms with Crippen molar-refractivity contribution in [2.45, 2.75) is 18.9 Å². The molecule has 0 radical (unpaired) electrons. The van der Waals surface area contributed by atoms with Gasteiger partial charge < -0.3 is 9.84 Å². The molecule has 0 spiro atoms. The first kappa shape index (κ1) is 11.4. The molecular weight excluding hydrogens is 226 g/mol. The van der Waals surface area contributed by atoms with Gasteiger partial charge in [0.2, 0.25) is 0 Å². The summed E-state index contributed by atoms with van der Waals surface area (Å²) in [5.41, 5.74) is -0.109. The maximum atomic E-state index is 10.9.